The lowest BCUT2D eigenvalue weighted by atomic mass is 9.80. The van der Waals surface area contributed by atoms with Crippen LogP contribution < -0.4 is 9.47 Å². The number of methoxy groups -OCH3 is 2. The zero-order valence-electron chi connectivity index (χ0n) is 19.1. The van der Waals surface area contributed by atoms with Crippen molar-refractivity contribution in [2.45, 2.75) is 38.3 Å². The molecule has 2 aliphatic rings. The van der Waals surface area contributed by atoms with Gasteiger partial charge in [-0.05, 0) is 43.5 Å². The van der Waals surface area contributed by atoms with Gasteiger partial charge in [0.1, 0.15) is 0 Å². The lowest BCUT2D eigenvalue weighted by molar-refractivity contribution is -0.172. The fraction of sp³-hybridized carbons (Fsp3) is 0.609. The van der Waals surface area contributed by atoms with Gasteiger partial charge >= 0.3 is 0 Å². The Hall–Kier alpha value is -2.33. The Balaban J connectivity index is 1.93. The van der Waals surface area contributed by atoms with E-state index >= 15 is 0 Å². The molecule has 1 aromatic rings. The molecule has 0 bridgehead atoms. The molecule has 0 unspecified atom stereocenters. The molecule has 0 aliphatic carbocycles. The molecule has 0 fully saturated rings. The summed E-state index contributed by atoms with van der Waals surface area (Å²) in [5.41, 5.74) is 0.963. The molecule has 1 N–H and O–H groups in total. The maximum atomic E-state index is 13.2. The van der Waals surface area contributed by atoms with E-state index in [2.05, 4.69) is 0 Å². The minimum Gasteiger partial charge on any atom is -0.459 e. The van der Waals surface area contributed by atoms with Gasteiger partial charge in [0.25, 0.3) is 5.91 Å². The quantitative estimate of drug-likeness (QED) is 0.512. The first-order valence-corrected chi connectivity index (χ1v) is 10.8. The van der Waals surface area contributed by atoms with Crippen molar-refractivity contribution in [1.29, 1.82) is 0 Å². The Morgan fingerprint density at radius 1 is 1.25 bits per heavy atom. The van der Waals surface area contributed by atoms with Gasteiger partial charge in [0.2, 0.25) is 13.1 Å². The Morgan fingerprint density at radius 2 is 2.00 bits per heavy atom. The van der Waals surface area contributed by atoms with Gasteiger partial charge < -0.3 is 38.4 Å². The van der Waals surface area contributed by atoms with Crippen LogP contribution in [0.2, 0.25) is 0 Å². The van der Waals surface area contributed by atoms with Gasteiger partial charge in [0, 0.05) is 46.3 Å². The third kappa shape index (κ3) is 5.53. The molecule has 0 saturated heterocycles. The number of rotatable bonds is 11. The summed E-state index contributed by atoms with van der Waals surface area (Å²) in [6, 6.07) is 5.77. The van der Waals surface area contributed by atoms with Crippen molar-refractivity contribution < 1.29 is 38.3 Å². The van der Waals surface area contributed by atoms with Crippen molar-refractivity contribution in [2.75, 3.05) is 47.8 Å². The summed E-state index contributed by atoms with van der Waals surface area (Å²) >= 11 is 0. The normalized spacial score (nSPS) is 21.9. The van der Waals surface area contributed by atoms with E-state index in [0.29, 0.717) is 30.9 Å². The van der Waals surface area contributed by atoms with Crippen LogP contribution in [-0.4, -0.2) is 76.3 Å². The van der Waals surface area contributed by atoms with Crippen molar-refractivity contribution in [1.82, 2.24) is 4.90 Å². The first-order valence-electron chi connectivity index (χ1n) is 10.8. The molecule has 1 amide bonds. The number of likely N-dealkylation sites (N-methyl/N-ethyl adjacent to an activating group) is 1. The highest BCUT2D eigenvalue weighted by Crippen LogP contribution is 2.43. The van der Waals surface area contributed by atoms with Crippen LogP contribution in [0.5, 0.6) is 11.5 Å². The van der Waals surface area contributed by atoms with Gasteiger partial charge in [0.05, 0.1) is 6.54 Å². The number of aliphatic hydroxyl groups is 1. The van der Waals surface area contributed by atoms with E-state index in [4.69, 9.17) is 28.4 Å². The van der Waals surface area contributed by atoms with E-state index in [-0.39, 0.29) is 43.4 Å². The van der Waals surface area contributed by atoms with E-state index in [1.54, 1.807) is 7.05 Å². The molecule has 2 heterocycles. The van der Waals surface area contributed by atoms with Crippen LogP contribution in [0.15, 0.2) is 30.0 Å². The highest BCUT2D eigenvalue weighted by Gasteiger charge is 2.39. The molecule has 9 nitrogen and oxygen atoms in total. The zero-order chi connectivity index (χ0) is 23.1. The SMILES string of the molecule is CCO[C@@H]1OC(C(=O)N(C)CC(OC)OC)=C[C@H](c2ccc3c(c2)OCO3)[C@@H]1CCCO. The fourth-order valence-corrected chi connectivity index (χ4v) is 4.00. The molecule has 0 aromatic heterocycles. The number of benzene rings is 1. The third-order valence-corrected chi connectivity index (χ3v) is 5.70. The number of allylic oxidation sites excluding steroid dienone is 1. The molecule has 3 rings (SSSR count). The lowest BCUT2D eigenvalue weighted by Gasteiger charge is -2.38. The van der Waals surface area contributed by atoms with Crippen molar-refractivity contribution in [3.05, 3.63) is 35.6 Å². The first-order chi connectivity index (χ1) is 15.5. The second-order valence-corrected chi connectivity index (χ2v) is 7.73. The van der Waals surface area contributed by atoms with Gasteiger partial charge in [-0.3, -0.25) is 4.79 Å². The molecule has 0 saturated carbocycles. The van der Waals surface area contributed by atoms with Gasteiger partial charge in [-0.1, -0.05) is 6.07 Å². The Bertz CT molecular complexity index is 794. The number of carbonyl (C=O) groups excluding carboxylic acids is 1. The average Bonchev–Trinajstić information content (AvgIpc) is 3.28. The van der Waals surface area contributed by atoms with Crippen molar-refractivity contribution >= 4 is 5.91 Å². The highest BCUT2D eigenvalue weighted by molar-refractivity contribution is 5.91. The molecule has 0 spiro atoms. The number of fused-ring (bicyclic) bond motifs is 1. The van der Waals surface area contributed by atoms with Crippen LogP contribution in [0, 0.1) is 5.92 Å². The van der Waals surface area contributed by atoms with E-state index in [1.165, 1.54) is 19.1 Å². The summed E-state index contributed by atoms with van der Waals surface area (Å²) < 4.78 is 33.4. The van der Waals surface area contributed by atoms with Crippen molar-refractivity contribution in [2.24, 2.45) is 5.92 Å². The number of ether oxygens (including phenoxy) is 6. The van der Waals surface area contributed by atoms with Crippen LogP contribution in [0.25, 0.3) is 0 Å². The van der Waals surface area contributed by atoms with Crippen LogP contribution in [0.3, 0.4) is 0 Å². The molecule has 3 atom stereocenters. The summed E-state index contributed by atoms with van der Waals surface area (Å²) in [6.07, 6.45) is 1.93. The van der Waals surface area contributed by atoms with E-state index in [0.717, 1.165) is 5.56 Å². The molecule has 0 radical (unpaired) electrons. The smallest absolute Gasteiger partial charge is 0.288 e. The Kier molecular flexibility index (Phi) is 8.75. The molecule has 9 heteroatoms. The monoisotopic (exact) mass is 451 g/mol. The number of hydrogen-bond donors (Lipinski definition) is 1. The fourth-order valence-electron chi connectivity index (χ4n) is 4.00. The standard InChI is InChI=1S/C23H33NO8/c1-5-29-23-16(7-6-10-25)17(15-8-9-18-19(11-15)31-14-30-18)12-20(32-23)22(26)24(2)13-21(27-3)28-4/h8-9,11-12,16-17,21,23,25H,5-7,10,13-14H2,1-4H3/t16-,17+,23+/m0/s1. The molecule has 1 aromatic carbocycles. The van der Waals surface area contributed by atoms with Crippen LogP contribution in [0.1, 0.15) is 31.2 Å². The molecule has 2 aliphatic heterocycles. The van der Waals surface area contributed by atoms with E-state index in [1.807, 2.05) is 31.2 Å². The number of carbonyl (C=O) groups is 1. The largest absolute Gasteiger partial charge is 0.459 e. The lowest BCUT2D eigenvalue weighted by Crippen LogP contribution is -2.41. The van der Waals surface area contributed by atoms with Crippen molar-refractivity contribution in [3.8, 4) is 11.5 Å². The molecular weight excluding hydrogens is 418 g/mol. The Labute approximate surface area is 188 Å². The molecule has 178 valence electrons. The van der Waals surface area contributed by atoms with Gasteiger partial charge in [0.15, 0.2) is 23.5 Å². The predicted molar refractivity (Wildman–Crippen MR) is 115 cm³/mol. The summed E-state index contributed by atoms with van der Waals surface area (Å²) in [4.78, 5) is 14.7. The summed E-state index contributed by atoms with van der Waals surface area (Å²) in [7, 11) is 4.71. The summed E-state index contributed by atoms with van der Waals surface area (Å²) in [5.74, 6) is 1.02. The van der Waals surface area contributed by atoms with Crippen LogP contribution >= 0.6 is 0 Å². The van der Waals surface area contributed by atoms with Crippen molar-refractivity contribution in [3.63, 3.8) is 0 Å². The highest BCUT2D eigenvalue weighted by atomic mass is 16.7. The Morgan fingerprint density at radius 3 is 2.69 bits per heavy atom. The summed E-state index contributed by atoms with van der Waals surface area (Å²) in [6.45, 7) is 2.81. The van der Waals surface area contributed by atoms with E-state index < -0.39 is 12.6 Å². The third-order valence-electron chi connectivity index (χ3n) is 5.70. The minimum absolute atomic E-state index is 0.0663. The van der Waals surface area contributed by atoms with Gasteiger partial charge in [-0.2, -0.15) is 0 Å². The zero-order valence-corrected chi connectivity index (χ0v) is 19.1. The second kappa shape index (κ2) is 11.5. The van der Waals surface area contributed by atoms with Crippen LogP contribution in [-0.2, 0) is 23.7 Å². The number of hydrogen-bond acceptors (Lipinski definition) is 8. The molecular formula is C23H33NO8. The average molecular weight is 452 g/mol. The topological polar surface area (TPSA) is 95.9 Å². The van der Waals surface area contributed by atoms with Crippen LogP contribution in [0.4, 0.5) is 0 Å². The number of aliphatic hydroxyl groups excluding tert-OH is 1. The predicted octanol–water partition coefficient (Wildman–Crippen LogP) is 2.24. The summed E-state index contributed by atoms with van der Waals surface area (Å²) in [5, 5.41) is 9.42. The van der Waals surface area contributed by atoms with Gasteiger partial charge in [-0.25, -0.2) is 0 Å². The molecule has 32 heavy (non-hydrogen) atoms. The minimum atomic E-state index is -0.625. The first kappa shape index (κ1) is 24.3. The maximum Gasteiger partial charge on any atom is 0.288 e. The maximum absolute atomic E-state index is 13.2. The van der Waals surface area contributed by atoms with Gasteiger partial charge in [-0.15, -0.1) is 0 Å². The number of amides is 1. The van der Waals surface area contributed by atoms with E-state index in [9.17, 15) is 9.90 Å². The second-order valence-electron chi connectivity index (χ2n) is 7.73. The number of nitrogens with zero attached hydrogens (tertiary/aromatic N) is 1.